The van der Waals surface area contributed by atoms with Crippen LogP contribution in [-0.2, 0) is 4.74 Å². The number of hydrogen-bond acceptors (Lipinski definition) is 9. The number of nitro benzene ring substituents is 1. The third-order valence-electron chi connectivity index (χ3n) is 4.67. The minimum atomic E-state index is -0.573. The zero-order valence-electron chi connectivity index (χ0n) is 17.6. The van der Waals surface area contributed by atoms with Crippen molar-refractivity contribution in [2.45, 2.75) is 38.8 Å². The first-order chi connectivity index (χ1) is 14.5. The Morgan fingerprint density at radius 1 is 1.32 bits per heavy atom. The molecule has 2 heterocycles. The second-order valence-electron chi connectivity index (χ2n) is 8.22. The highest BCUT2D eigenvalue weighted by atomic mass is 16.6. The predicted molar refractivity (Wildman–Crippen MR) is 115 cm³/mol. The molecule has 0 aliphatic carbocycles. The van der Waals surface area contributed by atoms with E-state index < -0.39 is 10.5 Å². The topological polar surface area (TPSA) is 160 Å². The van der Waals surface area contributed by atoms with Gasteiger partial charge in [-0.25, -0.2) is 14.8 Å². The first kappa shape index (κ1) is 21.9. The first-order valence-electron chi connectivity index (χ1n) is 9.74. The van der Waals surface area contributed by atoms with E-state index in [2.05, 4.69) is 15.3 Å². The summed E-state index contributed by atoms with van der Waals surface area (Å²) in [6.07, 6.45) is 1.59. The highest BCUT2D eigenvalue weighted by molar-refractivity contribution is 6.16. The number of nitro groups is 1. The standard InChI is InChI=1S/C20H25N7O4/c1-20(2,3)31-19(28)26-9-8-13(10-26)25-18-15(17(22)23-11-24-18)16(21)12-4-6-14(7-5-12)27(29)30/h4-7,11,13,21H,8-10H2,1-3H3,(H3,22,23,24,25)/t13-/m1/s1. The maximum absolute atomic E-state index is 12.3. The molecule has 11 heteroatoms. The Morgan fingerprint density at radius 3 is 2.61 bits per heavy atom. The van der Waals surface area contributed by atoms with Gasteiger partial charge < -0.3 is 20.7 Å². The number of amides is 1. The molecule has 1 aromatic heterocycles. The average molecular weight is 427 g/mol. The number of nitrogens with zero attached hydrogens (tertiary/aromatic N) is 4. The fraction of sp³-hybridized carbons (Fsp3) is 0.400. The number of aromatic nitrogens is 2. The smallest absolute Gasteiger partial charge is 0.410 e. The molecule has 0 bridgehead atoms. The number of benzene rings is 1. The molecular weight excluding hydrogens is 402 g/mol. The average Bonchev–Trinajstić information content (AvgIpc) is 3.15. The minimum absolute atomic E-state index is 0.0393. The summed E-state index contributed by atoms with van der Waals surface area (Å²) in [5, 5.41) is 22.7. The summed E-state index contributed by atoms with van der Waals surface area (Å²) in [5.74, 6) is 0.481. The zero-order chi connectivity index (χ0) is 22.8. The number of non-ortho nitro benzene ring substituents is 1. The van der Waals surface area contributed by atoms with Crippen molar-refractivity contribution in [1.82, 2.24) is 14.9 Å². The van der Waals surface area contributed by atoms with Crippen LogP contribution in [0.25, 0.3) is 0 Å². The number of ether oxygens (including phenoxy) is 1. The van der Waals surface area contributed by atoms with Crippen LogP contribution in [0, 0.1) is 15.5 Å². The molecule has 31 heavy (non-hydrogen) atoms. The van der Waals surface area contributed by atoms with Gasteiger partial charge in [0.25, 0.3) is 5.69 Å². The molecule has 0 spiro atoms. The van der Waals surface area contributed by atoms with E-state index >= 15 is 0 Å². The molecule has 11 nitrogen and oxygen atoms in total. The van der Waals surface area contributed by atoms with E-state index in [9.17, 15) is 14.9 Å². The molecule has 3 rings (SSSR count). The van der Waals surface area contributed by atoms with Gasteiger partial charge >= 0.3 is 6.09 Å². The number of nitrogen functional groups attached to an aromatic ring is 1. The Morgan fingerprint density at radius 2 is 2.00 bits per heavy atom. The number of nitrogens with one attached hydrogen (secondary N) is 2. The highest BCUT2D eigenvalue weighted by Crippen LogP contribution is 2.25. The van der Waals surface area contributed by atoms with Gasteiger partial charge in [0, 0.05) is 36.8 Å². The van der Waals surface area contributed by atoms with Crippen LogP contribution < -0.4 is 11.1 Å². The maximum atomic E-state index is 12.3. The quantitative estimate of drug-likeness (QED) is 0.373. The van der Waals surface area contributed by atoms with E-state index in [-0.39, 0.29) is 29.4 Å². The van der Waals surface area contributed by atoms with Crippen molar-refractivity contribution in [2.75, 3.05) is 24.1 Å². The van der Waals surface area contributed by atoms with Crippen molar-refractivity contribution >= 4 is 29.1 Å². The molecular formula is C20H25N7O4. The molecule has 1 saturated heterocycles. The van der Waals surface area contributed by atoms with Crippen LogP contribution in [-0.4, -0.2) is 56.3 Å². The second-order valence-corrected chi connectivity index (χ2v) is 8.22. The van der Waals surface area contributed by atoms with Crippen LogP contribution in [0.15, 0.2) is 30.6 Å². The minimum Gasteiger partial charge on any atom is -0.444 e. The SMILES string of the molecule is CC(C)(C)OC(=O)N1CC[C@@H](Nc2ncnc(N)c2C(=N)c2ccc([N+](=O)[O-])cc2)C1. The summed E-state index contributed by atoms with van der Waals surface area (Å²) in [4.78, 5) is 32.5. The van der Waals surface area contributed by atoms with Crippen LogP contribution in [0.4, 0.5) is 22.1 Å². The molecule has 1 aliphatic heterocycles. The van der Waals surface area contributed by atoms with E-state index in [4.69, 9.17) is 15.9 Å². The Kier molecular flexibility index (Phi) is 6.04. The molecule has 164 valence electrons. The van der Waals surface area contributed by atoms with Gasteiger partial charge in [-0.3, -0.25) is 15.5 Å². The third kappa shape index (κ3) is 5.24. The van der Waals surface area contributed by atoms with E-state index in [0.29, 0.717) is 36.5 Å². The van der Waals surface area contributed by atoms with E-state index in [1.807, 2.05) is 20.8 Å². The lowest BCUT2D eigenvalue weighted by Gasteiger charge is -2.24. The van der Waals surface area contributed by atoms with Gasteiger partial charge in [0.05, 0.1) is 16.2 Å². The predicted octanol–water partition coefficient (Wildman–Crippen LogP) is 2.80. The molecule has 1 aliphatic rings. The van der Waals surface area contributed by atoms with Gasteiger partial charge in [0.2, 0.25) is 0 Å². The molecule has 2 aromatic rings. The fourth-order valence-corrected chi connectivity index (χ4v) is 3.21. The molecule has 4 N–H and O–H groups in total. The van der Waals surface area contributed by atoms with Crippen molar-refractivity contribution in [3.05, 3.63) is 51.8 Å². The number of carbonyl (C=O) groups excluding carboxylic acids is 1. The number of rotatable bonds is 5. The van der Waals surface area contributed by atoms with Gasteiger partial charge in [-0.1, -0.05) is 0 Å². The lowest BCUT2D eigenvalue weighted by atomic mass is 10.0. The molecule has 0 radical (unpaired) electrons. The van der Waals surface area contributed by atoms with Crippen molar-refractivity contribution in [3.63, 3.8) is 0 Å². The molecule has 0 saturated carbocycles. The van der Waals surface area contributed by atoms with Crippen LogP contribution in [0.2, 0.25) is 0 Å². The van der Waals surface area contributed by atoms with Crippen LogP contribution >= 0.6 is 0 Å². The Labute approximate surface area is 179 Å². The largest absolute Gasteiger partial charge is 0.444 e. The second kappa shape index (κ2) is 8.54. The summed E-state index contributed by atoms with van der Waals surface area (Å²) < 4.78 is 5.42. The lowest BCUT2D eigenvalue weighted by Crippen LogP contribution is -2.36. The maximum Gasteiger partial charge on any atom is 0.410 e. The van der Waals surface area contributed by atoms with Crippen LogP contribution in [0.5, 0.6) is 0 Å². The van der Waals surface area contributed by atoms with Gasteiger partial charge in [0.15, 0.2) is 0 Å². The molecule has 1 amide bonds. The van der Waals surface area contributed by atoms with Gasteiger partial charge in [-0.15, -0.1) is 0 Å². The monoisotopic (exact) mass is 427 g/mol. The third-order valence-corrected chi connectivity index (χ3v) is 4.67. The number of carbonyl (C=O) groups is 1. The lowest BCUT2D eigenvalue weighted by molar-refractivity contribution is -0.384. The molecule has 1 atom stereocenters. The molecule has 1 fully saturated rings. The normalized spacial score (nSPS) is 16.1. The summed E-state index contributed by atoms with van der Waals surface area (Å²) in [6, 6.07) is 5.51. The van der Waals surface area contributed by atoms with Crippen molar-refractivity contribution in [2.24, 2.45) is 0 Å². The van der Waals surface area contributed by atoms with Gasteiger partial charge in [-0.05, 0) is 39.3 Å². The zero-order valence-corrected chi connectivity index (χ0v) is 17.6. The van der Waals surface area contributed by atoms with Crippen LogP contribution in [0.1, 0.15) is 38.3 Å². The van der Waals surface area contributed by atoms with Crippen molar-refractivity contribution < 1.29 is 14.5 Å². The van der Waals surface area contributed by atoms with Crippen molar-refractivity contribution in [3.8, 4) is 0 Å². The number of likely N-dealkylation sites (tertiary alicyclic amines) is 1. The summed E-state index contributed by atoms with van der Waals surface area (Å²) >= 11 is 0. The van der Waals surface area contributed by atoms with Gasteiger partial charge in [-0.2, -0.15) is 0 Å². The number of hydrogen-bond donors (Lipinski definition) is 3. The highest BCUT2D eigenvalue weighted by Gasteiger charge is 2.31. The van der Waals surface area contributed by atoms with Crippen LogP contribution in [0.3, 0.4) is 0 Å². The Bertz CT molecular complexity index is 1000. The van der Waals surface area contributed by atoms with E-state index in [1.54, 1.807) is 4.90 Å². The van der Waals surface area contributed by atoms with E-state index in [0.717, 1.165) is 0 Å². The number of nitrogens with two attached hydrogens (primary N) is 1. The summed E-state index contributed by atoms with van der Waals surface area (Å²) in [5.41, 5.74) is 6.17. The summed E-state index contributed by atoms with van der Waals surface area (Å²) in [7, 11) is 0. The Hall–Kier alpha value is -3.76. The first-order valence-corrected chi connectivity index (χ1v) is 9.74. The van der Waals surface area contributed by atoms with Crippen molar-refractivity contribution in [1.29, 1.82) is 5.41 Å². The molecule has 0 unspecified atom stereocenters. The fourth-order valence-electron chi connectivity index (χ4n) is 3.21. The van der Waals surface area contributed by atoms with Gasteiger partial charge in [0.1, 0.15) is 23.6 Å². The Balaban J connectivity index is 1.77. The number of anilines is 2. The molecule has 1 aromatic carbocycles. The summed E-state index contributed by atoms with van der Waals surface area (Å²) in [6.45, 7) is 6.40. The van der Waals surface area contributed by atoms with E-state index in [1.165, 1.54) is 30.6 Å².